The zero-order chi connectivity index (χ0) is 13.4. The van der Waals surface area contributed by atoms with Crippen molar-refractivity contribution >= 4 is 16.8 Å². The molecule has 0 saturated heterocycles. The molecule has 19 heavy (non-hydrogen) atoms. The Kier molecular flexibility index (Phi) is 3.15. The summed E-state index contributed by atoms with van der Waals surface area (Å²) in [6.07, 6.45) is 4.04. The summed E-state index contributed by atoms with van der Waals surface area (Å²) in [7, 11) is 0. The van der Waals surface area contributed by atoms with Crippen LogP contribution in [-0.2, 0) is 0 Å². The highest BCUT2D eigenvalue weighted by molar-refractivity contribution is 5.99. The minimum Gasteiger partial charge on any atom is -0.453 e. The first-order chi connectivity index (χ1) is 9.16. The van der Waals surface area contributed by atoms with Gasteiger partial charge < -0.3 is 10.2 Å². The maximum absolute atomic E-state index is 12.5. The molecule has 1 aromatic heterocycles. The van der Waals surface area contributed by atoms with E-state index in [1.54, 1.807) is 0 Å². The van der Waals surface area contributed by atoms with Crippen molar-refractivity contribution in [3.63, 3.8) is 0 Å². The van der Waals surface area contributed by atoms with E-state index in [4.69, 9.17) is 10.2 Å². The van der Waals surface area contributed by atoms with Gasteiger partial charge in [0, 0.05) is 17.3 Å². The molecule has 2 unspecified atom stereocenters. The van der Waals surface area contributed by atoms with Crippen LogP contribution in [0.5, 0.6) is 0 Å². The number of aryl methyl sites for hydroxylation is 1. The molecule has 2 aromatic rings. The van der Waals surface area contributed by atoms with Crippen molar-refractivity contribution in [1.82, 2.24) is 0 Å². The lowest BCUT2D eigenvalue weighted by atomic mass is 9.81. The molecule has 2 N–H and O–H groups in total. The van der Waals surface area contributed by atoms with Gasteiger partial charge in [0.1, 0.15) is 5.58 Å². The van der Waals surface area contributed by atoms with Gasteiger partial charge in [-0.15, -0.1) is 0 Å². The molecule has 100 valence electrons. The molecule has 1 aliphatic rings. The quantitative estimate of drug-likeness (QED) is 0.838. The van der Waals surface area contributed by atoms with E-state index < -0.39 is 0 Å². The second kappa shape index (κ2) is 4.82. The highest BCUT2D eigenvalue weighted by Gasteiger charge is 2.30. The Morgan fingerprint density at radius 3 is 2.84 bits per heavy atom. The highest BCUT2D eigenvalue weighted by atomic mass is 16.3. The number of hydrogen-bond acceptors (Lipinski definition) is 3. The average molecular weight is 257 g/mol. The highest BCUT2D eigenvalue weighted by Crippen LogP contribution is 2.29. The number of fused-ring (bicyclic) bond motifs is 1. The standard InChI is InChI=1S/C16H19NO2/c1-10-5-4-6-11-9-14(19-16(10)11)15(18)12-7-2-3-8-13(12)17/h4-6,9,12-13H,2-3,7-8,17H2,1H3. The van der Waals surface area contributed by atoms with Crippen LogP contribution in [0.3, 0.4) is 0 Å². The van der Waals surface area contributed by atoms with Gasteiger partial charge in [0.05, 0.1) is 0 Å². The van der Waals surface area contributed by atoms with Crippen LogP contribution in [0.15, 0.2) is 28.7 Å². The van der Waals surface area contributed by atoms with Crippen LogP contribution in [-0.4, -0.2) is 11.8 Å². The van der Waals surface area contributed by atoms with E-state index in [0.717, 1.165) is 42.2 Å². The fourth-order valence-electron chi connectivity index (χ4n) is 3.00. The molecular formula is C16H19NO2. The molecule has 0 radical (unpaired) electrons. The monoisotopic (exact) mass is 257 g/mol. The molecule has 0 spiro atoms. The van der Waals surface area contributed by atoms with Gasteiger partial charge in [-0.05, 0) is 31.4 Å². The van der Waals surface area contributed by atoms with E-state index >= 15 is 0 Å². The topological polar surface area (TPSA) is 56.2 Å². The molecular weight excluding hydrogens is 238 g/mol. The molecule has 0 amide bonds. The summed E-state index contributed by atoms with van der Waals surface area (Å²) >= 11 is 0. The normalized spacial score (nSPS) is 23.7. The number of rotatable bonds is 2. The lowest BCUT2D eigenvalue weighted by molar-refractivity contribution is 0.0844. The van der Waals surface area contributed by atoms with Crippen molar-refractivity contribution in [2.45, 2.75) is 38.6 Å². The van der Waals surface area contributed by atoms with E-state index in [2.05, 4.69) is 0 Å². The molecule has 1 heterocycles. The van der Waals surface area contributed by atoms with E-state index in [1.807, 2.05) is 31.2 Å². The van der Waals surface area contributed by atoms with E-state index in [9.17, 15) is 4.79 Å². The van der Waals surface area contributed by atoms with Crippen LogP contribution in [0.25, 0.3) is 11.0 Å². The van der Waals surface area contributed by atoms with Crippen molar-refractivity contribution in [3.8, 4) is 0 Å². The van der Waals surface area contributed by atoms with Crippen LogP contribution in [0.4, 0.5) is 0 Å². The van der Waals surface area contributed by atoms with Crippen molar-refractivity contribution in [1.29, 1.82) is 0 Å². The second-order valence-electron chi connectivity index (χ2n) is 5.52. The third-order valence-corrected chi connectivity index (χ3v) is 4.14. The number of para-hydroxylation sites is 1. The fourth-order valence-corrected chi connectivity index (χ4v) is 3.00. The molecule has 2 atom stereocenters. The van der Waals surface area contributed by atoms with Gasteiger partial charge in [-0.25, -0.2) is 0 Å². The molecule has 1 fully saturated rings. The number of carbonyl (C=O) groups is 1. The summed E-state index contributed by atoms with van der Waals surface area (Å²) in [5.41, 5.74) is 7.95. The van der Waals surface area contributed by atoms with Gasteiger partial charge in [-0.1, -0.05) is 31.0 Å². The summed E-state index contributed by atoms with van der Waals surface area (Å²) in [6.45, 7) is 1.99. The maximum atomic E-state index is 12.5. The summed E-state index contributed by atoms with van der Waals surface area (Å²) < 4.78 is 5.76. The van der Waals surface area contributed by atoms with Crippen LogP contribution in [0.1, 0.15) is 41.8 Å². The smallest absolute Gasteiger partial charge is 0.202 e. The molecule has 3 heteroatoms. The molecule has 0 bridgehead atoms. The van der Waals surface area contributed by atoms with Crippen LogP contribution in [0.2, 0.25) is 0 Å². The Morgan fingerprint density at radius 1 is 1.32 bits per heavy atom. The van der Waals surface area contributed by atoms with Crippen LogP contribution < -0.4 is 5.73 Å². The number of benzene rings is 1. The lowest BCUT2D eigenvalue weighted by Crippen LogP contribution is -2.37. The average Bonchev–Trinajstić information content (AvgIpc) is 2.84. The van der Waals surface area contributed by atoms with E-state index in [1.165, 1.54) is 0 Å². The van der Waals surface area contributed by atoms with Crippen molar-refractivity contribution in [2.75, 3.05) is 0 Å². The lowest BCUT2D eigenvalue weighted by Gasteiger charge is -2.26. The van der Waals surface area contributed by atoms with Gasteiger partial charge in [0.25, 0.3) is 0 Å². The first-order valence-electron chi connectivity index (χ1n) is 6.96. The number of nitrogens with two attached hydrogens (primary N) is 1. The Morgan fingerprint density at radius 2 is 2.11 bits per heavy atom. The van der Waals surface area contributed by atoms with Crippen LogP contribution >= 0.6 is 0 Å². The molecule has 1 aromatic carbocycles. The Labute approximate surface area is 112 Å². The SMILES string of the molecule is Cc1cccc2cc(C(=O)C3CCCCC3N)oc12. The number of hydrogen-bond donors (Lipinski definition) is 1. The van der Waals surface area contributed by atoms with Gasteiger partial charge in [-0.2, -0.15) is 0 Å². The molecule has 3 nitrogen and oxygen atoms in total. The number of carbonyl (C=O) groups excluding carboxylic acids is 1. The van der Waals surface area contributed by atoms with Crippen LogP contribution in [0, 0.1) is 12.8 Å². The second-order valence-corrected chi connectivity index (χ2v) is 5.52. The summed E-state index contributed by atoms with van der Waals surface area (Å²) in [6, 6.07) is 7.78. The van der Waals surface area contributed by atoms with Gasteiger partial charge in [0.15, 0.2) is 5.76 Å². The number of furan rings is 1. The fraction of sp³-hybridized carbons (Fsp3) is 0.438. The number of Topliss-reactive ketones (excluding diaryl/α,β-unsaturated/α-hetero) is 1. The predicted molar refractivity (Wildman–Crippen MR) is 75.2 cm³/mol. The van der Waals surface area contributed by atoms with Crippen molar-refractivity contribution in [2.24, 2.45) is 11.7 Å². The van der Waals surface area contributed by atoms with Crippen molar-refractivity contribution in [3.05, 3.63) is 35.6 Å². The first kappa shape index (κ1) is 12.4. The molecule has 1 saturated carbocycles. The first-order valence-corrected chi connectivity index (χ1v) is 6.96. The minimum absolute atomic E-state index is 0.0180. The third kappa shape index (κ3) is 2.19. The van der Waals surface area contributed by atoms with E-state index in [0.29, 0.717) is 5.76 Å². The molecule has 0 aliphatic heterocycles. The largest absolute Gasteiger partial charge is 0.453 e. The van der Waals surface area contributed by atoms with Crippen molar-refractivity contribution < 1.29 is 9.21 Å². The summed E-state index contributed by atoms with van der Waals surface area (Å²) in [5, 5.41) is 0.993. The summed E-state index contributed by atoms with van der Waals surface area (Å²) in [4.78, 5) is 12.5. The Bertz CT molecular complexity index is 614. The van der Waals surface area contributed by atoms with Gasteiger partial charge >= 0.3 is 0 Å². The zero-order valence-corrected chi connectivity index (χ0v) is 11.2. The molecule has 3 rings (SSSR count). The maximum Gasteiger partial charge on any atom is 0.202 e. The van der Waals surface area contributed by atoms with Gasteiger partial charge in [0.2, 0.25) is 5.78 Å². The summed E-state index contributed by atoms with van der Waals surface area (Å²) in [5.74, 6) is 0.462. The molecule has 1 aliphatic carbocycles. The Balaban J connectivity index is 1.95. The minimum atomic E-state index is -0.0744. The Hall–Kier alpha value is -1.61. The predicted octanol–water partition coefficient (Wildman–Crippen LogP) is 3.44. The van der Waals surface area contributed by atoms with E-state index in [-0.39, 0.29) is 17.7 Å². The zero-order valence-electron chi connectivity index (χ0n) is 11.2. The third-order valence-electron chi connectivity index (χ3n) is 4.14. The number of ketones is 1. The van der Waals surface area contributed by atoms with Gasteiger partial charge in [-0.3, -0.25) is 4.79 Å².